The molecular formula is C17H28N4O4S. The Morgan fingerprint density at radius 2 is 1.85 bits per heavy atom. The Bertz CT molecular complexity index is 758. The SMILES string of the molecule is Cc1cc([N+](=O)[O-])cc(S(=O)(=O)NCC(C)CN2CCN(C)CC2)c1C. The van der Waals surface area contributed by atoms with Gasteiger partial charge >= 0.3 is 0 Å². The topological polar surface area (TPSA) is 95.8 Å². The minimum atomic E-state index is -3.80. The second-order valence-electron chi connectivity index (χ2n) is 7.20. The number of sulfonamides is 1. The maximum absolute atomic E-state index is 12.7. The van der Waals surface area contributed by atoms with Crippen molar-refractivity contribution in [3.8, 4) is 0 Å². The average molecular weight is 385 g/mol. The molecule has 26 heavy (non-hydrogen) atoms. The molecule has 1 aliphatic rings. The number of nitrogens with one attached hydrogen (secondary N) is 1. The zero-order valence-corrected chi connectivity index (χ0v) is 16.7. The molecule has 0 spiro atoms. The van der Waals surface area contributed by atoms with E-state index in [1.807, 2.05) is 6.92 Å². The molecule has 0 aliphatic carbocycles. The molecule has 1 N–H and O–H groups in total. The number of likely N-dealkylation sites (N-methyl/N-ethyl adjacent to an activating group) is 1. The number of hydrogen-bond acceptors (Lipinski definition) is 6. The van der Waals surface area contributed by atoms with E-state index < -0.39 is 14.9 Å². The predicted molar refractivity (Wildman–Crippen MR) is 101 cm³/mol. The minimum absolute atomic E-state index is 0.0176. The molecule has 2 rings (SSSR count). The van der Waals surface area contributed by atoms with Crippen molar-refractivity contribution in [1.82, 2.24) is 14.5 Å². The zero-order chi connectivity index (χ0) is 19.5. The number of benzene rings is 1. The molecule has 8 nitrogen and oxygen atoms in total. The van der Waals surface area contributed by atoms with E-state index in [9.17, 15) is 18.5 Å². The number of non-ortho nitro benzene ring substituents is 1. The second-order valence-corrected chi connectivity index (χ2v) is 8.94. The Morgan fingerprint density at radius 3 is 2.42 bits per heavy atom. The molecule has 0 aromatic heterocycles. The summed E-state index contributed by atoms with van der Waals surface area (Å²) in [5.74, 6) is 0.147. The Labute approximate surface area is 155 Å². The van der Waals surface area contributed by atoms with Crippen LogP contribution in [-0.4, -0.2) is 69.5 Å². The van der Waals surface area contributed by atoms with Crippen molar-refractivity contribution in [3.63, 3.8) is 0 Å². The number of nitro groups is 1. The van der Waals surface area contributed by atoms with Gasteiger partial charge in [0.05, 0.1) is 9.82 Å². The summed E-state index contributed by atoms with van der Waals surface area (Å²) in [4.78, 5) is 15.1. The van der Waals surface area contributed by atoms with Crippen LogP contribution in [0.4, 0.5) is 5.69 Å². The van der Waals surface area contributed by atoms with Crippen molar-refractivity contribution in [1.29, 1.82) is 0 Å². The lowest BCUT2D eigenvalue weighted by Gasteiger charge is -2.33. The Morgan fingerprint density at radius 1 is 1.23 bits per heavy atom. The van der Waals surface area contributed by atoms with Gasteiger partial charge in [-0.2, -0.15) is 0 Å². The van der Waals surface area contributed by atoms with E-state index in [4.69, 9.17) is 0 Å². The first-order valence-electron chi connectivity index (χ1n) is 8.76. The standard InChI is InChI=1S/C17H28N4O4S/c1-13(12-20-7-5-19(4)6-8-20)11-18-26(24,25)17-10-16(21(22)23)9-14(2)15(17)3/h9-10,13,18H,5-8,11-12H2,1-4H3. The highest BCUT2D eigenvalue weighted by Gasteiger charge is 2.23. The molecule has 1 heterocycles. The molecule has 1 fully saturated rings. The monoisotopic (exact) mass is 384 g/mol. The number of piperazine rings is 1. The third kappa shape index (κ3) is 5.23. The van der Waals surface area contributed by atoms with Crippen LogP contribution < -0.4 is 4.72 Å². The first kappa shape index (κ1) is 20.8. The second kappa shape index (κ2) is 8.43. The molecule has 1 aliphatic heterocycles. The van der Waals surface area contributed by atoms with Crippen LogP contribution in [0.5, 0.6) is 0 Å². The van der Waals surface area contributed by atoms with Crippen molar-refractivity contribution >= 4 is 15.7 Å². The predicted octanol–water partition coefficient (Wildman–Crippen LogP) is 1.37. The molecular weight excluding hydrogens is 356 g/mol. The number of rotatable bonds is 7. The van der Waals surface area contributed by atoms with Crippen molar-refractivity contribution in [2.45, 2.75) is 25.7 Å². The van der Waals surface area contributed by atoms with Crippen LogP contribution in [0.2, 0.25) is 0 Å². The molecule has 146 valence electrons. The van der Waals surface area contributed by atoms with Crippen LogP contribution in [-0.2, 0) is 10.0 Å². The summed E-state index contributed by atoms with van der Waals surface area (Å²) in [7, 11) is -1.70. The molecule has 1 unspecified atom stereocenters. The quantitative estimate of drug-likeness (QED) is 0.563. The molecule has 1 atom stereocenters. The maximum atomic E-state index is 12.7. The number of nitrogens with zero attached hydrogens (tertiary/aromatic N) is 3. The van der Waals surface area contributed by atoms with E-state index in [1.54, 1.807) is 13.8 Å². The van der Waals surface area contributed by atoms with Crippen molar-refractivity contribution in [3.05, 3.63) is 33.4 Å². The third-order valence-electron chi connectivity index (χ3n) is 4.89. The summed E-state index contributed by atoms with van der Waals surface area (Å²) in [6.07, 6.45) is 0. The molecule has 0 bridgehead atoms. The lowest BCUT2D eigenvalue weighted by atomic mass is 10.1. The van der Waals surface area contributed by atoms with Gasteiger partial charge in [-0.15, -0.1) is 0 Å². The molecule has 1 aromatic rings. The summed E-state index contributed by atoms with van der Waals surface area (Å²) in [6.45, 7) is 10.5. The van der Waals surface area contributed by atoms with E-state index in [0.717, 1.165) is 38.8 Å². The van der Waals surface area contributed by atoms with Gasteiger partial charge in [-0.25, -0.2) is 13.1 Å². The van der Waals surface area contributed by atoms with Crippen molar-refractivity contribution < 1.29 is 13.3 Å². The summed E-state index contributed by atoms with van der Waals surface area (Å²) >= 11 is 0. The van der Waals surface area contributed by atoms with Crippen LogP contribution in [0, 0.1) is 29.9 Å². The summed E-state index contributed by atoms with van der Waals surface area (Å²) in [6, 6.07) is 2.53. The highest BCUT2D eigenvalue weighted by molar-refractivity contribution is 7.89. The first-order chi connectivity index (χ1) is 12.1. The van der Waals surface area contributed by atoms with Gasteiger partial charge in [-0.3, -0.25) is 10.1 Å². The summed E-state index contributed by atoms with van der Waals surface area (Å²) in [5.41, 5.74) is 0.916. The van der Waals surface area contributed by atoms with E-state index in [0.29, 0.717) is 17.7 Å². The van der Waals surface area contributed by atoms with Crippen LogP contribution in [0.3, 0.4) is 0 Å². The number of nitro benzene ring substituents is 1. The van der Waals surface area contributed by atoms with Gasteiger partial charge in [0.15, 0.2) is 0 Å². The van der Waals surface area contributed by atoms with Crippen LogP contribution in [0.25, 0.3) is 0 Å². The zero-order valence-electron chi connectivity index (χ0n) is 15.9. The molecule has 9 heteroatoms. The molecule has 0 radical (unpaired) electrons. The van der Waals surface area contributed by atoms with Crippen molar-refractivity contribution in [2.75, 3.05) is 46.3 Å². The van der Waals surface area contributed by atoms with Gasteiger partial charge in [0.1, 0.15) is 0 Å². The van der Waals surface area contributed by atoms with Crippen LogP contribution >= 0.6 is 0 Å². The first-order valence-corrected chi connectivity index (χ1v) is 10.2. The third-order valence-corrected chi connectivity index (χ3v) is 6.44. The lowest BCUT2D eigenvalue weighted by molar-refractivity contribution is -0.385. The minimum Gasteiger partial charge on any atom is -0.304 e. The van der Waals surface area contributed by atoms with Gasteiger partial charge in [0.2, 0.25) is 10.0 Å². The van der Waals surface area contributed by atoms with Crippen LogP contribution in [0.15, 0.2) is 17.0 Å². The molecule has 1 saturated heterocycles. The van der Waals surface area contributed by atoms with Gasteiger partial charge in [0, 0.05) is 51.4 Å². The van der Waals surface area contributed by atoms with Crippen molar-refractivity contribution in [2.24, 2.45) is 5.92 Å². The summed E-state index contributed by atoms with van der Waals surface area (Å²) < 4.78 is 28.0. The fraction of sp³-hybridized carbons (Fsp3) is 0.647. The fourth-order valence-electron chi connectivity index (χ4n) is 3.06. The van der Waals surface area contributed by atoms with Crippen LogP contribution in [0.1, 0.15) is 18.1 Å². The molecule has 0 amide bonds. The van der Waals surface area contributed by atoms with Gasteiger partial charge in [-0.1, -0.05) is 6.92 Å². The lowest BCUT2D eigenvalue weighted by Crippen LogP contribution is -2.46. The van der Waals surface area contributed by atoms with E-state index in [-0.39, 0.29) is 16.5 Å². The van der Waals surface area contributed by atoms with Gasteiger partial charge in [-0.05, 0) is 37.9 Å². The Balaban J connectivity index is 2.03. The Kier molecular flexibility index (Phi) is 6.73. The van der Waals surface area contributed by atoms with E-state index >= 15 is 0 Å². The van der Waals surface area contributed by atoms with Gasteiger partial charge in [0.25, 0.3) is 5.69 Å². The normalized spacial score (nSPS) is 18.0. The Hall–Kier alpha value is -1.55. The number of aryl methyl sites for hydroxylation is 1. The maximum Gasteiger partial charge on any atom is 0.271 e. The fourth-order valence-corrected chi connectivity index (χ4v) is 4.56. The highest BCUT2D eigenvalue weighted by Crippen LogP contribution is 2.25. The number of hydrogen-bond donors (Lipinski definition) is 1. The smallest absolute Gasteiger partial charge is 0.271 e. The molecule has 1 aromatic carbocycles. The largest absolute Gasteiger partial charge is 0.304 e. The van der Waals surface area contributed by atoms with E-state index in [2.05, 4.69) is 21.6 Å². The average Bonchev–Trinajstić information content (AvgIpc) is 2.57. The van der Waals surface area contributed by atoms with E-state index in [1.165, 1.54) is 6.07 Å². The highest BCUT2D eigenvalue weighted by atomic mass is 32.2. The molecule has 0 saturated carbocycles. The van der Waals surface area contributed by atoms with Gasteiger partial charge < -0.3 is 9.80 Å². The summed E-state index contributed by atoms with van der Waals surface area (Å²) in [5, 5.41) is 11.0.